The second-order valence-corrected chi connectivity index (χ2v) is 5.06. The highest BCUT2D eigenvalue weighted by atomic mass is 16.5. The van der Waals surface area contributed by atoms with Gasteiger partial charge in [0.2, 0.25) is 11.8 Å². The van der Waals surface area contributed by atoms with Crippen LogP contribution in [0.4, 0.5) is 0 Å². The minimum absolute atomic E-state index is 0.0108. The molecule has 0 atom stereocenters. The molecule has 1 aliphatic rings. The summed E-state index contributed by atoms with van der Waals surface area (Å²) in [5.74, 6) is 0.248. The molecule has 6 heteroatoms. The van der Waals surface area contributed by atoms with Crippen LogP contribution in [-0.2, 0) is 14.3 Å². The van der Waals surface area contributed by atoms with Gasteiger partial charge in [0, 0.05) is 39.7 Å². The van der Waals surface area contributed by atoms with Crippen molar-refractivity contribution in [1.29, 1.82) is 0 Å². The van der Waals surface area contributed by atoms with E-state index in [4.69, 9.17) is 4.74 Å². The maximum atomic E-state index is 11.8. The molecular weight excluding hydrogens is 258 g/mol. The van der Waals surface area contributed by atoms with Gasteiger partial charge in [0.05, 0.1) is 13.2 Å². The van der Waals surface area contributed by atoms with E-state index in [0.29, 0.717) is 32.7 Å². The Morgan fingerprint density at radius 1 is 1.30 bits per heavy atom. The number of ether oxygens (including phenoxy) is 1. The number of hydrogen-bond acceptors (Lipinski definition) is 4. The van der Waals surface area contributed by atoms with Gasteiger partial charge in [0.1, 0.15) is 0 Å². The Labute approximate surface area is 121 Å². The minimum Gasteiger partial charge on any atom is -0.383 e. The fraction of sp³-hybridized carbons (Fsp3) is 0.857. The van der Waals surface area contributed by atoms with E-state index in [9.17, 15) is 9.59 Å². The molecule has 0 unspecified atom stereocenters. The summed E-state index contributed by atoms with van der Waals surface area (Å²) in [6.45, 7) is 3.82. The Bertz CT molecular complexity index is 297. The van der Waals surface area contributed by atoms with Gasteiger partial charge in [-0.1, -0.05) is 6.42 Å². The molecule has 1 aliphatic heterocycles. The molecule has 1 saturated heterocycles. The molecule has 2 amide bonds. The van der Waals surface area contributed by atoms with Crippen LogP contribution in [0.3, 0.4) is 0 Å². The first-order valence-corrected chi connectivity index (χ1v) is 7.48. The zero-order valence-electron chi connectivity index (χ0n) is 12.5. The van der Waals surface area contributed by atoms with Crippen LogP contribution in [-0.4, -0.2) is 63.2 Å². The molecule has 0 aromatic rings. The number of carbonyl (C=O) groups is 2. The van der Waals surface area contributed by atoms with E-state index in [1.807, 2.05) is 4.90 Å². The summed E-state index contributed by atoms with van der Waals surface area (Å²) >= 11 is 0. The Morgan fingerprint density at radius 2 is 2.15 bits per heavy atom. The van der Waals surface area contributed by atoms with E-state index < -0.39 is 0 Å². The zero-order chi connectivity index (χ0) is 14.6. The largest absolute Gasteiger partial charge is 0.383 e. The lowest BCUT2D eigenvalue weighted by molar-refractivity contribution is -0.130. The Morgan fingerprint density at radius 3 is 2.95 bits per heavy atom. The summed E-state index contributed by atoms with van der Waals surface area (Å²) in [6.07, 6.45) is 4.75. The Kier molecular flexibility index (Phi) is 8.98. The summed E-state index contributed by atoms with van der Waals surface area (Å²) < 4.78 is 4.88. The number of methoxy groups -OCH3 is 1. The molecule has 6 nitrogen and oxygen atoms in total. The van der Waals surface area contributed by atoms with Crippen LogP contribution >= 0.6 is 0 Å². The van der Waals surface area contributed by atoms with Gasteiger partial charge in [0.15, 0.2) is 0 Å². The number of likely N-dealkylation sites (tertiary alicyclic amines) is 1. The highest BCUT2D eigenvalue weighted by molar-refractivity contribution is 5.78. The highest BCUT2D eigenvalue weighted by Gasteiger charge is 2.15. The molecule has 0 bridgehead atoms. The molecule has 1 heterocycles. The average Bonchev–Trinajstić information content (AvgIpc) is 2.65. The lowest BCUT2D eigenvalue weighted by atomic mass is 10.2. The summed E-state index contributed by atoms with van der Waals surface area (Å²) in [5.41, 5.74) is 0. The van der Waals surface area contributed by atoms with Crippen molar-refractivity contribution < 1.29 is 14.3 Å². The normalized spacial score (nSPS) is 16.1. The number of hydrogen-bond donors (Lipinski definition) is 2. The zero-order valence-corrected chi connectivity index (χ0v) is 12.5. The fourth-order valence-corrected chi connectivity index (χ4v) is 2.21. The maximum absolute atomic E-state index is 11.8. The van der Waals surface area contributed by atoms with Gasteiger partial charge in [-0.25, -0.2) is 0 Å². The second kappa shape index (κ2) is 10.6. The van der Waals surface area contributed by atoms with E-state index in [1.54, 1.807) is 7.11 Å². The molecule has 0 saturated carbocycles. The van der Waals surface area contributed by atoms with Crippen LogP contribution in [0.5, 0.6) is 0 Å². The first kappa shape index (κ1) is 16.9. The van der Waals surface area contributed by atoms with Crippen molar-refractivity contribution in [2.45, 2.75) is 32.1 Å². The molecule has 0 radical (unpaired) electrons. The van der Waals surface area contributed by atoms with Crippen molar-refractivity contribution in [3.8, 4) is 0 Å². The molecule has 0 spiro atoms. The maximum Gasteiger partial charge on any atom is 0.233 e. The van der Waals surface area contributed by atoms with Crippen molar-refractivity contribution >= 4 is 11.8 Å². The van der Waals surface area contributed by atoms with Crippen molar-refractivity contribution in [2.75, 3.05) is 46.4 Å². The first-order valence-electron chi connectivity index (χ1n) is 7.48. The lowest BCUT2D eigenvalue weighted by Gasteiger charge is -2.20. The Hall–Kier alpha value is -1.14. The average molecular weight is 285 g/mol. The molecule has 1 fully saturated rings. The van der Waals surface area contributed by atoms with Crippen molar-refractivity contribution in [2.24, 2.45) is 0 Å². The van der Waals surface area contributed by atoms with Crippen LogP contribution in [0, 0.1) is 0 Å². The van der Waals surface area contributed by atoms with Crippen LogP contribution in [0.15, 0.2) is 0 Å². The molecule has 2 N–H and O–H groups in total. The van der Waals surface area contributed by atoms with E-state index in [2.05, 4.69) is 10.6 Å². The quantitative estimate of drug-likeness (QED) is 0.591. The smallest absolute Gasteiger partial charge is 0.233 e. The summed E-state index contributed by atoms with van der Waals surface area (Å²) in [6, 6.07) is 0. The third-order valence-electron chi connectivity index (χ3n) is 3.37. The monoisotopic (exact) mass is 285 g/mol. The third kappa shape index (κ3) is 7.45. The van der Waals surface area contributed by atoms with Gasteiger partial charge < -0.3 is 20.3 Å². The van der Waals surface area contributed by atoms with Gasteiger partial charge >= 0.3 is 0 Å². The molecule has 0 aromatic carbocycles. The predicted molar refractivity (Wildman–Crippen MR) is 77.4 cm³/mol. The summed E-state index contributed by atoms with van der Waals surface area (Å²) in [5, 5.41) is 5.84. The standard InChI is InChI=1S/C14H27N3O3/c1-20-11-8-15-12-13(18)16-7-5-10-17-9-4-2-3-6-14(17)19/h15H,2-12H2,1H3,(H,16,18). The third-order valence-corrected chi connectivity index (χ3v) is 3.37. The number of carbonyl (C=O) groups excluding carboxylic acids is 2. The van der Waals surface area contributed by atoms with E-state index in [0.717, 1.165) is 38.8 Å². The Balaban J connectivity index is 2.02. The topological polar surface area (TPSA) is 70.7 Å². The van der Waals surface area contributed by atoms with E-state index in [1.165, 1.54) is 0 Å². The number of amides is 2. The molecule has 20 heavy (non-hydrogen) atoms. The van der Waals surface area contributed by atoms with Gasteiger partial charge in [-0.2, -0.15) is 0 Å². The molecule has 116 valence electrons. The number of rotatable bonds is 9. The SMILES string of the molecule is COCCNCC(=O)NCCCN1CCCCCC1=O. The van der Waals surface area contributed by atoms with Crippen molar-refractivity contribution in [1.82, 2.24) is 15.5 Å². The van der Waals surface area contributed by atoms with Crippen LogP contribution in [0.25, 0.3) is 0 Å². The van der Waals surface area contributed by atoms with Gasteiger partial charge in [-0.3, -0.25) is 9.59 Å². The summed E-state index contributed by atoms with van der Waals surface area (Å²) in [7, 11) is 1.63. The minimum atomic E-state index is -0.0108. The molecule has 0 aromatic heterocycles. The van der Waals surface area contributed by atoms with Gasteiger partial charge in [0.25, 0.3) is 0 Å². The van der Waals surface area contributed by atoms with Gasteiger partial charge in [-0.05, 0) is 19.3 Å². The fourth-order valence-electron chi connectivity index (χ4n) is 2.21. The van der Waals surface area contributed by atoms with Crippen LogP contribution in [0.2, 0.25) is 0 Å². The van der Waals surface area contributed by atoms with Crippen LogP contribution in [0.1, 0.15) is 32.1 Å². The van der Waals surface area contributed by atoms with Gasteiger partial charge in [-0.15, -0.1) is 0 Å². The van der Waals surface area contributed by atoms with Crippen molar-refractivity contribution in [3.05, 3.63) is 0 Å². The first-order chi connectivity index (χ1) is 9.74. The van der Waals surface area contributed by atoms with E-state index >= 15 is 0 Å². The molecule has 1 rings (SSSR count). The number of nitrogens with zero attached hydrogens (tertiary/aromatic N) is 1. The van der Waals surface area contributed by atoms with Crippen LogP contribution < -0.4 is 10.6 Å². The predicted octanol–water partition coefficient (Wildman–Crippen LogP) is 0.131. The summed E-state index contributed by atoms with van der Waals surface area (Å²) in [4.78, 5) is 25.2. The number of nitrogens with one attached hydrogen (secondary N) is 2. The lowest BCUT2D eigenvalue weighted by Crippen LogP contribution is -2.37. The molecule has 0 aliphatic carbocycles. The van der Waals surface area contributed by atoms with Crippen molar-refractivity contribution in [3.63, 3.8) is 0 Å². The second-order valence-electron chi connectivity index (χ2n) is 5.06. The molecular formula is C14H27N3O3. The van der Waals surface area contributed by atoms with E-state index in [-0.39, 0.29) is 11.8 Å². The highest BCUT2D eigenvalue weighted by Crippen LogP contribution is 2.10.